The number of hydrogen-bond donors (Lipinski definition) is 2. The summed E-state index contributed by atoms with van der Waals surface area (Å²) in [7, 11) is 4.85. The van der Waals surface area contributed by atoms with E-state index in [4.69, 9.17) is 14.2 Å². The van der Waals surface area contributed by atoms with Crippen LogP contribution in [0.3, 0.4) is 0 Å². The molecule has 7 nitrogen and oxygen atoms in total. The number of nitrogens with zero attached hydrogens (tertiary/aromatic N) is 2. The second-order valence-electron chi connectivity index (χ2n) is 4.48. The Labute approximate surface area is 123 Å². The van der Waals surface area contributed by atoms with E-state index in [0.717, 1.165) is 11.4 Å². The van der Waals surface area contributed by atoms with E-state index in [1.54, 1.807) is 21.3 Å². The summed E-state index contributed by atoms with van der Waals surface area (Å²) in [6, 6.07) is 3.70. The van der Waals surface area contributed by atoms with E-state index in [0.29, 0.717) is 23.8 Å². The highest BCUT2D eigenvalue weighted by Gasteiger charge is 2.15. The first-order chi connectivity index (χ1) is 10.2. The Hall–Kier alpha value is -2.28. The van der Waals surface area contributed by atoms with Gasteiger partial charge in [0.25, 0.3) is 0 Å². The number of aromatic amines is 1. The van der Waals surface area contributed by atoms with Gasteiger partial charge >= 0.3 is 0 Å². The third-order valence-corrected chi connectivity index (χ3v) is 3.25. The minimum Gasteiger partial charge on any atom is -0.496 e. The monoisotopic (exact) mass is 292 g/mol. The second-order valence-corrected chi connectivity index (χ2v) is 4.48. The SMILES string of the molecule is COc1cc(OC)c(CNC(C)c2ncn[nH]2)c(OC)c1. The van der Waals surface area contributed by atoms with E-state index in [2.05, 4.69) is 20.5 Å². The highest BCUT2D eigenvalue weighted by atomic mass is 16.5. The van der Waals surface area contributed by atoms with Crippen molar-refractivity contribution in [2.45, 2.75) is 19.5 Å². The Morgan fingerprint density at radius 3 is 2.29 bits per heavy atom. The number of ether oxygens (including phenoxy) is 3. The van der Waals surface area contributed by atoms with E-state index < -0.39 is 0 Å². The van der Waals surface area contributed by atoms with Gasteiger partial charge in [-0.15, -0.1) is 0 Å². The molecule has 2 rings (SSSR count). The first-order valence-electron chi connectivity index (χ1n) is 6.57. The standard InChI is InChI=1S/C14H20N4O3/c1-9(14-16-8-17-18-14)15-7-11-12(20-3)5-10(19-2)6-13(11)21-4/h5-6,8-9,15H,7H2,1-4H3,(H,16,17,18). The lowest BCUT2D eigenvalue weighted by Crippen LogP contribution is -2.20. The largest absolute Gasteiger partial charge is 0.496 e. The molecule has 1 heterocycles. The molecule has 1 aromatic heterocycles. The zero-order valence-electron chi connectivity index (χ0n) is 12.6. The summed E-state index contributed by atoms with van der Waals surface area (Å²) in [5.74, 6) is 2.89. The zero-order chi connectivity index (χ0) is 15.2. The molecule has 2 N–H and O–H groups in total. The Morgan fingerprint density at radius 1 is 1.14 bits per heavy atom. The van der Waals surface area contributed by atoms with Crippen molar-refractivity contribution in [2.75, 3.05) is 21.3 Å². The van der Waals surface area contributed by atoms with E-state index in [1.165, 1.54) is 6.33 Å². The molecule has 0 amide bonds. The van der Waals surface area contributed by atoms with E-state index in [9.17, 15) is 0 Å². The van der Waals surface area contributed by atoms with Crippen LogP contribution >= 0.6 is 0 Å². The van der Waals surface area contributed by atoms with Crippen molar-refractivity contribution in [2.24, 2.45) is 0 Å². The molecule has 114 valence electrons. The maximum Gasteiger partial charge on any atom is 0.141 e. The average molecular weight is 292 g/mol. The number of nitrogens with one attached hydrogen (secondary N) is 2. The molecule has 0 aliphatic rings. The van der Waals surface area contributed by atoms with Crippen molar-refractivity contribution in [1.29, 1.82) is 0 Å². The number of methoxy groups -OCH3 is 3. The first kappa shape index (κ1) is 15.1. The molecule has 2 aromatic rings. The predicted octanol–water partition coefficient (Wildman–Crippen LogP) is 1.68. The van der Waals surface area contributed by atoms with Gasteiger partial charge in [-0.05, 0) is 6.92 Å². The Morgan fingerprint density at radius 2 is 1.81 bits per heavy atom. The van der Waals surface area contributed by atoms with Crippen molar-refractivity contribution >= 4 is 0 Å². The molecule has 0 saturated heterocycles. The van der Waals surface area contributed by atoms with Gasteiger partial charge in [-0.3, -0.25) is 5.10 Å². The minimum absolute atomic E-state index is 0.0315. The average Bonchev–Trinajstić information content (AvgIpc) is 3.06. The van der Waals surface area contributed by atoms with Crippen LogP contribution in [0, 0.1) is 0 Å². The lowest BCUT2D eigenvalue weighted by atomic mass is 10.1. The van der Waals surface area contributed by atoms with Gasteiger partial charge in [0.2, 0.25) is 0 Å². The molecule has 0 aliphatic heterocycles. The Bertz CT molecular complexity index is 547. The van der Waals surface area contributed by atoms with Crippen LogP contribution in [0.1, 0.15) is 24.4 Å². The summed E-state index contributed by atoms with van der Waals surface area (Å²) in [5.41, 5.74) is 0.923. The summed E-state index contributed by atoms with van der Waals surface area (Å²) >= 11 is 0. The molecule has 1 unspecified atom stereocenters. The predicted molar refractivity (Wildman–Crippen MR) is 77.7 cm³/mol. The van der Waals surface area contributed by atoms with Crippen molar-refractivity contribution in [3.8, 4) is 17.2 Å². The fourth-order valence-corrected chi connectivity index (χ4v) is 2.03. The highest BCUT2D eigenvalue weighted by Crippen LogP contribution is 2.34. The minimum atomic E-state index is 0.0315. The van der Waals surface area contributed by atoms with E-state index >= 15 is 0 Å². The molecule has 21 heavy (non-hydrogen) atoms. The van der Waals surface area contributed by atoms with Crippen LogP contribution in [0.5, 0.6) is 17.2 Å². The molecule has 0 saturated carbocycles. The van der Waals surface area contributed by atoms with Crippen molar-refractivity contribution in [3.05, 3.63) is 29.8 Å². The van der Waals surface area contributed by atoms with Crippen molar-refractivity contribution in [1.82, 2.24) is 20.5 Å². The van der Waals surface area contributed by atoms with Gasteiger partial charge in [-0.2, -0.15) is 5.10 Å². The quantitative estimate of drug-likeness (QED) is 0.808. The van der Waals surface area contributed by atoms with Gasteiger partial charge in [0.15, 0.2) is 0 Å². The van der Waals surface area contributed by atoms with Gasteiger partial charge in [0.05, 0.1) is 32.9 Å². The summed E-state index contributed by atoms with van der Waals surface area (Å²) in [6.07, 6.45) is 1.49. The third kappa shape index (κ3) is 3.43. The van der Waals surface area contributed by atoms with E-state index in [-0.39, 0.29) is 6.04 Å². The van der Waals surface area contributed by atoms with Crippen LogP contribution < -0.4 is 19.5 Å². The molecular formula is C14H20N4O3. The van der Waals surface area contributed by atoms with Gasteiger partial charge in [0, 0.05) is 18.7 Å². The summed E-state index contributed by atoms with van der Waals surface area (Å²) in [4.78, 5) is 4.13. The zero-order valence-corrected chi connectivity index (χ0v) is 12.6. The summed E-state index contributed by atoms with van der Waals surface area (Å²) < 4.78 is 16.1. The summed E-state index contributed by atoms with van der Waals surface area (Å²) in [5, 5.41) is 10.0. The summed E-state index contributed by atoms with van der Waals surface area (Å²) in [6.45, 7) is 2.57. The van der Waals surface area contributed by atoms with Crippen LogP contribution in [-0.2, 0) is 6.54 Å². The molecule has 7 heteroatoms. The van der Waals surface area contributed by atoms with Crippen LogP contribution in [0.4, 0.5) is 0 Å². The fraction of sp³-hybridized carbons (Fsp3) is 0.429. The van der Waals surface area contributed by atoms with Gasteiger partial charge in [0.1, 0.15) is 29.4 Å². The van der Waals surface area contributed by atoms with Crippen molar-refractivity contribution < 1.29 is 14.2 Å². The normalized spacial score (nSPS) is 12.0. The number of hydrogen-bond acceptors (Lipinski definition) is 6. The van der Waals surface area contributed by atoms with Crippen LogP contribution in [-0.4, -0.2) is 36.5 Å². The first-order valence-corrected chi connectivity index (χ1v) is 6.57. The lowest BCUT2D eigenvalue weighted by molar-refractivity contribution is 0.364. The molecule has 0 spiro atoms. The fourth-order valence-electron chi connectivity index (χ4n) is 2.03. The van der Waals surface area contributed by atoms with Gasteiger partial charge < -0.3 is 19.5 Å². The van der Waals surface area contributed by atoms with Crippen LogP contribution in [0.15, 0.2) is 18.5 Å². The van der Waals surface area contributed by atoms with Gasteiger partial charge in [-0.1, -0.05) is 0 Å². The van der Waals surface area contributed by atoms with Gasteiger partial charge in [-0.25, -0.2) is 4.98 Å². The third-order valence-electron chi connectivity index (χ3n) is 3.25. The molecule has 0 radical (unpaired) electrons. The van der Waals surface area contributed by atoms with Crippen molar-refractivity contribution in [3.63, 3.8) is 0 Å². The topological polar surface area (TPSA) is 81.3 Å². The maximum absolute atomic E-state index is 5.42. The molecule has 1 atom stereocenters. The molecule has 0 bridgehead atoms. The highest BCUT2D eigenvalue weighted by molar-refractivity contribution is 5.50. The molecule has 0 aliphatic carbocycles. The number of H-pyrrole nitrogens is 1. The number of aromatic nitrogens is 3. The lowest BCUT2D eigenvalue weighted by Gasteiger charge is -2.17. The van der Waals surface area contributed by atoms with Crippen LogP contribution in [0.25, 0.3) is 0 Å². The van der Waals surface area contributed by atoms with Crippen LogP contribution in [0.2, 0.25) is 0 Å². The number of benzene rings is 1. The molecule has 1 aromatic carbocycles. The molecular weight excluding hydrogens is 272 g/mol. The smallest absolute Gasteiger partial charge is 0.141 e. The van der Waals surface area contributed by atoms with E-state index in [1.807, 2.05) is 19.1 Å². The maximum atomic E-state index is 5.42. The second kappa shape index (κ2) is 6.94. The Kier molecular flexibility index (Phi) is 4.99. The molecule has 0 fully saturated rings. The Balaban J connectivity index is 2.18. The number of rotatable bonds is 7.